The number of nitrogens with zero attached hydrogens (tertiary/aromatic N) is 2. The molecule has 26 heavy (non-hydrogen) atoms. The third-order valence-corrected chi connectivity index (χ3v) is 4.00. The van der Waals surface area contributed by atoms with E-state index in [-0.39, 0.29) is 39.0 Å². The number of fused-ring (bicyclic) bond motifs is 1. The molecule has 0 radical (unpaired) electrons. The molecule has 0 spiro atoms. The van der Waals surface area contributed by atoms with Gasteiger partial charge in [-0.15, -0.1) is 0 Å². The third-order valence-electron chi connectivity index (χ3n) is 4.00. The summed E-state index contributed by atoms with van der Waals surface area (Å²) in [6, 6.07) is 6.71. The van der Waals surface area contributed by atoms with Crippen LogP contribution in [0.5, 0.6) is 0 Å². The highest BCUT2D eigenvalue weighted by Crippen LogP contribution is 2.38. The molecule has 0 aliphatic carbocycles. The second kappa shape index (κ2) is 5.67. The van der Waals surface area contributed by atoms with Gasteiger partial charge in [0.1, 0.15) is 23.5 Å². The Labute approximate surface area is 144 Å². The van der Waals surface area contributed by atoms with E-state index >= 15 is 0 Å². The van der Waals surface area contributed by atoms with Gasteiger partial charge in [-0.25, -0.2) is 18.2 Å². The Morgan fingerprint density at radius 3 is 2.73 bits per heavy atom. The highest BCUT2D eigenvalue weighted by Gasteiger charge is 2.24. The van der Waals surface area contributed by atoms with Gasteiger partial charge in [-0.05, 0) is 18.2 Å². The van der Waals surface area contributed by atoms with Crippen LogP contribution in [-0.4, -0.2) is 9.97 Å². The zero-order valence-electron chi connectivity index (χ0n) is 13.0. The molecular weight excluding hydrogens is 345 g/mol. The molecule has 0 fully saturated rings. The molecule has 0 unspecified atom stereocenters. The Morgan fingerprint density at radius 2 is 2.04 bits per heavy atom. The average Bonchev–Trinajstić information content (AvgIpc) is 3.26. The van der Waals surface area contributed by atoms with Crippen LogP contribution in [0.1, 0.15) is 5.56 Å². The van der Waals surface area contributed by atoms with E-state index in [0.29, 0.717) is 0 Å². The fourth-order valence-corrected chi connectivity index (χ4v) is 2.89. The van der Waals surface area contributed by atoms with E-state index in [4.69, 9.17) is 10.2 Å². The zero-order chi connectivity index (χ0) is 18.4. The first-order valence-corrected chi connectivity index (χ1v) is 7.40. The number of halogens is 3. The van der Waals surface area contributed by atoms with Crippen molar-refractivity contribution in [1.82, 2.24) is 9.97 Å². The Hall–Kier alpha value is -3.73. The smallest absolute Gasteiger partial charge is 0.177 e. The molecule has 8 heteroatoms. The highest BCUT2D eigenvalue weighted by molar-refractivity contribution is 5.97. The quantitative estimate of drug-likeness (QED) is 0.559. The predicted octanol–water partition coefficient (Wildman–Crippen LogP) is 4.36. The van der Waals surface area contributed by atoms with Crippen molar-refractivity contribution in [2.45, 2.75) is 0 Å². The van der Waals surface area contributed by atoms with E-state index in [1.165, 1.54) is 24.6 Å². The van der Waals surface area contributed by atoms with Gasteiger partial charge in [-0.2, -0.15) is 5.26 Å². The van der Waals surface area contributed by atoms with Crippen LogP contribution in [0.25, 0.3) is 33.5 Å². The lowest BCUT2D eigenvalue weighted by Crippen LogP contribution is -2.03. The number of anilines is 1. The van der Waals surface area contributed by atoms with Crippen molar-refractivity contribution in [2.75, 3.05) is 5.73 Å². The number of nitrogens with two attached hydrogens (primary N) is 1. The van der Waals surface area contributed by atoms with Crippen molar-refractivity contribution >= 4 is 16.7 Å². The largest absolute Gasteiger partial charge is 0.464 e. The molecular formula is C18H9F3N4O. The Bertz CT molecular complexity index is 1190. The predicted molar refractivity (Wildman–Crippen MR) is 88.2 cm³/mol. The van der Waals surface area contributed by atoms with Gasteiger partial charge in [0.25, 0.3) is 0 Å². The summed E-state index contributed by atoms with van der Waals surface area (Å²) in [5.74, 6) is -2.87. The van der Waals surface area contributed by atoms with Gasteiger partial charge >= 0.3 is 0 Å². The van der Waals surface area contributed by atoms with Gasteiger partial charge in [0.2, 0.25) is 0 Å². The lowest BCUT2D eigenvalue weighted by molar-refractivity contribution is 0.569. The minimum atomic E-state index is -0.905. The van der Waals surface area contributed by atoms with Crippen molar-refractivity contribution in [3.8, 4) is 28.7 Å². The Balaban J connectivity index is 2.10. The second-order valence-corrected chi connectivity index (χ2v) is 5.51. The number of H-pyrrole nitrogens is 1. The first kappa shape index (κ1) is 15.8. The van der Waals surface area contributed by atoms with Crippen molar-refractivity contribution in [2.24, 2.45) is 0 Å². The van der Waals surface area contributed by atoms with Crippen molar-refractivity contribution in [1.29, 1.82) is 5.26 Å². The van der Waals surface area contributed by atoms with Crippen LogP contribution in [0.4, 0.5) is 19.0 Å². The first-order valence-electron chi connectivity index (χ1n) is 7.40. The number of hydrogen-bond acceptors (Lipinski definition) is 4. The minimum absolute atomic E-state index is 0.00551. The van der Waals surface area contributed by atoms with Crippen molar-refractivity contribution in [3.05, 3.63) is 59.7 Å². The molecule has 0 aliphatic heterocycles. The topological polar surface area (TPSA) is 91.6 Å². The molecule has 0 saturated carbocycles. The zero-order valence-corrected chi connectivity index (χ0v) is 13.0. The van der Waals surface area contributed by atoms with Crippen LogP contribution in [-0.2, 0) is 0 Å². The average molecular weight is 354 g/mol. The fraction of sp³-hybridized carbons (Fsp3) is 0. The summed E-state index contributed by atoms with van der Waals surface area (Å²) in [5.41, 5.74) is 5.60. The number of nitrogens with one attached hydrogen (secondary N) is 1. The molecule has 3 heterocycles. The van der Waals surface area contributed by atoms with Crippen molar-refractivity contribution < 1.29 is 17.6 Å². The lowest BCUT2D eigenvalue weighted by Gasteiger charge is -2.10. The summed E-state index contributed by atoms with van der Waals surface area (Å²) in [4.78, 5) is 6.61. The molecule has 0 bridgehead atoms. The van der Waals surface area contributed by atoms with Crippen LogP contribution < -0.4 is 5.73 Å². The molecule has 0 amide bonds. The molecule has 128 valence electrons. The van der Waals surface area contributed by atoms with E-state index in [1.807, 2.05) is 6.07 Å². The van der Waals surface area contributed by atoms with E-state index < -0.39 is 23.3 Å². The van der Waals surface area contributed by atoms with Gasteiger partial charge < -0.3 is 15.1 Å². The van der Waals surface area contributed by atoms with Crippen LogP contribution in [0.2, 0.25) is 0 Å². The number of nitriles is 1. The summed E-state index contributed by atoms with van der Waals surface area (Å²) < 4.78 is 47.4. The number of aromatic amines is 1. The van der Waals surface area contributed by atoms with Gasteiger partial charge in [-0.1, -0.05) is 0 Å². The van der Waals surface area contributed by atoms with E-state index in [1.54, 1.807) is 0 Å². The molecule has 3 N–H and O–H groups in total. The van der Waals surface area contributed by atoms with E-state index in [2.05, 4.69) is 9.97 Å². The van der Waals surface area contributed by atoms with Gasteiger partial charge in [-0.3, -0.25) is 0 Å². The molecule has 0 aliphatic rings. The molecule has 0 saturated heterocycles. The first-order chi connectivity index (χ1) is 12.5. The molecule has 1 aromatic carbocycles. The van der Waals surface area contributed by atoms with Gasteiger partial charge in [0.05, 0.1) is 28.6 Å². The summed E-state index contributed by atoms with van der Waals surface area (Å²) in [6.45, 7) is 0. The second-order valence-electron chi connectivity index (χ2n) is 5.51. The molecule has 0 atom stereocenters. The van der Waals surface area contributed by atoms with Crippen LogP contribution in [0, 0.1) is 28.8 Å². The number of aromatic nitrogens is 2. The van der Waals surface area contributed by atoms with Crippen molar-refractivity contribution in [3.63, 3.8) is 0 Å². The van der Waals surface area contributed by atoms with Crippen LogP contribution in [0.15, 0.2) is 41.1 Å². The summed E-state index contributed by atoms with van der Waals surface area (Å²) in [5, 5.41) is 9.75. The minimum Gasteiger partial charge on any atom is -0.464 e. The Morgan fingerprint density at radius 1 is 1.23 bits per heavy atom. The summed E-state index contributed by atoms with van der Waals surface area (Å²) in [6.07, 6.45) is 2.68. The van der Waals surface area contributed by atoms with Gasteiger partial charge in [0, 0.05) is 23.2 Å². The number of nitrogen functional groups attached to an aromatic ring is 1. The van der Waals surface area contributed by atoms with Crippen LogP contribution >= 0.6 is 0 Å². The summed E-state index contributed by atoms with van der Waals surface area (Å²) >= 11 is 0. The number of hydrogen-bond donors (Lipinski definition) is 2. The molecule has 4 aromatic rings. The normalized spacial score (nSPS) is 11.0. The number of pyridine rings is 1. The van der Waals surface area contributed by atoms with E-state index in [9.17, 15) is 18.4 Å². The SMILES string of the molecule is N#Cc1c(-c2c[nH]c3c(F)cc(F)cc23)nc(N)c(F)c1-c1ccco1. The summed E-state index contributed by atoms with van der Waals surface area (Å²) in [7, 11) is 0. The monoisotopic (exact) mass is 354 g/mol. The maximum atomic E-state index is 14.5. The molecule has 5 nitrogen and oxygen atoms in total. The Kier molecular flexibility index (Phi) is 3.44. The fourth-order valence-electron chi connectivity index (χ4n) is 2.89. The highest BCUT2D eigenvalue weighted by atomic mass is 19.1. The van der Waals surface area contributed by atoms with E-state index in [0.717, 1.165) is 12.1 Å². The number of rotatable bonds is 2. The molecule has 4 rings (SSSR count). The molecule has 3 aromatic heterocycles. The number of benzene rings is 1. The standard InChI is InChI=1S/C18H9F3N4O/c19-8-4-9-11(7-24-17(9)12(20)5-8)16-10(6-22)14(13-2-1-3-26-13)15(21)18(23)25-16/h1-5,7,24H,(H2,23,25). The maximum Gasteiger partial charge on any atom is 0.177 e. The maximum absolute atomic E-state index is 14.5. The lowest BCUT2D eigenvalue weighted by atomic mass is 9.99. The third kappa shape index (κ3) is 2.22. The van der Waals surface area contributed by atoms with Crippen LogP contribution in [0.3, 0.4) is 0 Å². The van der Waals surface area contributed by atoms with Gasteiger partial charge in [0.15, 0.2) is 11.6 Å². The number of furan rings is 1.